The van der Waals surface area contributed by atoms with E-state index < -0.39 is 0 Å². The van der Waals surface area contributed by atoms with E-state index in [1.54, 1.807) is 6.20 Å². The molecule has 2 rings (SSSR count). The summed E-state index contributed by atoms with van der Waals surface area (Å²) in [6.45, 7) is 2.73. The van der Waals surface area contributed by atoms with E-state index in [1.165, 1.54) is 0 Å². The number of hydrogen-bond donors (Lipinski definition) is 1. The van der Waals surface area contributed by atoms with Crippen LogP contribution in [0.1, 0.15) is 23.7 Å². The Morgan fingerprint density at radius 2 is 2.06 bits per heavy atom. The van der Waals surface area contributed by atoms with Gasteiger partial charge in [-0.2, -0.15) is 5.10 Å². The molecule has 0 amide bonds. The molecule has 1 N–H and O–H groups in total. The molecule has 3 nitrogen and oxygen atoms in total. The molecule has 0 aliphatic carbocycles. The lowest BCUT2D eigenvalue weighted by Gasteiger charge is -2.08. The minimum Gasteiger partial charge on any atom is -0.392 e. The van der Waals surface area contributed by atoms with E-state index in [-0.39, 0.29) is 6.61 Å². The van der Waals surface area contributed by atoms with Gasteiger partial charge in [-0.25, -0.2) is 0 Å². The second-order valence-electron chi connectivity index (χ2n) is 3.88. The Labute approximate surface area is 106 Å². The van der Waals surface area contributed by atoms with E-state index in [0.717, 1.165) is 28.3 Å². The largest absolute Gasteiger partial charge is 0.392 e. The van der Waals surface area contributed by atoms with Gasteiger partial charge in [0.25, 0.3) is 0 Å². The number of aliphatic hydroxyl groups excluding tert-OH is 1. The molecule has 1 aromatic carbocycles. The van der Waals surface area contributed by atoms with Crippen LogP contribution >= 0.6 is 11.6 Å². The van der Waals surface area contributed by atoms with Crippen molar-refractivity contribution in [3.05, 3.63) is 52.3 Å². The summed E-state index contributed by atoms with van der Waals surface area (Å²) in [5, 5.41) is 14.2. The third kappa shape index (κ3) is 2.51. The number of benzene rings is 1. The Morgan fingerprint density at radius 3 is 2.71 bits per heavy atom. The summed E-state index contributed by atoms with van der Waals surface area (Å²) in [6, 6.07) is 7.74. The Kier molecular flexibility index (Phi) is 3.82. The fourth-order valence-corrected chi connectivity index (χ4v) is 2.11. The molecular weight excluding hydrogens is 236 g/mol. The highest BCUT2D eigenvalue weighted by Crippen LogP contribution is 2.18. The van der Waals surface area contributed by atoms with E-state index in [0.29, 0.717) is 6.54 Å². The van der Waals surface area contributed by atoms with Crippen molar-refractivity contribution in [3.8, 4) is 0 Å². The van der Waals surface area contributed by atoms with Crippen LogP contribution in [0.25, 0.3) is 0 Å². The maximum atomic E-state index is 9.20. The van der Waals surface area contributed by atoms with Gasteiger partial charge in [-0.15, -0.1) is 0 Å². The lowest BCUT2D eigenvalue weighted by atomic mass is 10.2. The zero-order valence-corrected chi connectivity index (χ0v) is 10.5. The van der Waals surface area contributed by atoms with Crippen molar-refractivity contribution < 1.29 is 5.11 Å². The first-order valence-electron chi connectivity index (χ1n) is 5.64. The molecule has 0 radical (unpaired) electrons. The number of hydrogen-bond acceptors (Lipinski definition) is 2. The Bertz CT molecular complexity index is 508. The molecule has 0 atom stereocenters. The molecule has 0 aliphatic heterocycles. The van der Waals surface area contributed by atoms with Gasteiger partial charge in [-0.3, -0.25) is 4.68 Å². The molecule has 0 unspecified atom stereocenters. The molecule has 17 heavy (non-hydrogen) atoms. The molecule has 0 saturated carbocycles. The van der Waals surface area contributed by atoms with Gasteiger partial charge in [0.15, 0.2) is 0 Å². The van der Waals surface area contributed by atoms with Gasteiger partial charge >= 0.3 is 0 Å². The molecule has 0 spiro atoms. The Balaban J connectivity index is 2.30. The molecule has 0 saturated heterocycles. The molecule has 90 valence electrons. The smallest absolute Gasteiger partial charge is 0.0715 e. The molecule has 2 aromatic rings. The van der Waals surface area contributed by atoms with Crippen LogP contribution in [-0.2, 0) is 19.6 Å². The Morgan fingerprint density at radius 1 is 1.29 bits per heavy atom. The van der Waals surface area contributed by atoms with Crippen molar-refractivity contribution in [2.24, 2.45) is 0 Å². The zero-order chi connectivity index (χ0) is 12.3. The van der Waals surface area contributed by atoms with Gasteiger partial charge in [-0.05, 0) is 18.1 Å². The van der Waals surface area contributed by atoms with Crippen molar-refractivity contribution in [1.82, 2.24) is 9.78 Å². The average Bonchev–Trinajstić information content (AvgIpc) is 2.74. The van der Waals surface area contributed by atoms with Crippen LogP contribution < -0.4 is 0 Å². The van der Waals surface area contributed by atoms with Gasteiger partial charge in [-0.1, -0.05) is 36.7 Å². The van der Waals surface area contributed by atoms with Crippen molar-refractivity contribution >= 4 is 11.6 Å². The first-order valence-corrected chi connectivity index (χ1v) is 6.02. The monoisotopic (exact) mass is 250 g/mol. The summed E-state index contributed by atoms with van der Waals surface area (Å²) >= 11 is 6.12. The Hall–Kier alpha value is -1.32. The quantitative estimate of drug-likeness (QED) is 0.906. The van der Waals surface area contributed by atoms with Gasteiger partial charge in [0.05, 0.1) is 19.3 Å². The molecule has 0 aliphatic rings. The lowest BCUT2D eigenvalue weighted by molar-refractivity contribution is 0.280. The van der Waals surface area contributed by atoms with Crippen molar-refractivity contribution in [2.45, 2.75) is 26.5 Å². The van der Waals surface area contributed by atoms with E-state index in [2.05, 4.69) is 12.0 Å². The number of nitrogens with zero attached hydrogens (tertiary/aromatic N) is 2. The molecular formula is C13H15ClN2O. The SMILES string of the molecule is CCc1c(CO)cnn1Cc1ccccc1Cl. The van der Waals surface area contributed by atoms with Crippen LogP contribution in [0.15, 0.2) is 30.5 Å². The predicted octanol–water partition coefficient (Wildman–Crippen LogP) is 2.64. The summed E-state index contributed by atoms with van der Waals surface area (Å²) in [7, 11) is 0. The van der Waals surface area contributed by atoms with Crippen molar-refractivity contribution in [1.29, 1.82) is 0 Å². The number of halogens is 1. The van der Waals surface area contributed by atoms with Crippen molar-refractivity contribution in [3.63, 3.8) is 0 Å². The zero-order valence-electron chi connectivity index (χ0n) is 9.73. The predicted molar refractivity (Wildman–Crippen MR) is 68.1 cm³/mol. The first-order chi connectivity index (χ1) is 8.26. The summed E-state index contributed by atoms with van der Waals surface area (Å²) < 4.78 is 1.90. The van der Waals surface area contributed by atoms with Crippen LogP contribution in [0.5, 0.6) is 0 Å². The van der Waals surface area contributed by atoms with Crippen LogP contribution in [-0.4, -0.2) is 14.9 Å². The van der Waals surface area contributed by atoms with Gasteiger partial charge in [0.2, 0.25) is 0 Å². The summed E-state index contributed by atoms with van der Waals surface area (Å²) in [5.74, 6) is 0. The maximum absolute atomic E-state index is 9.20. The standard InChI is InChI=1S/C13H15ClN2O/c1-2-13-11(9-17)7-15-16(13)8-10-5-3-4-6-12(10)14/h3-7,17H,2,8-9H2,1H3. The summed E-state index contributed by atoms with van der Waals surface area (Å²) in [5.41, 5.74) is 2.99. The topological polar surface area (TPSA) is 38.1 Å². The summed E-state index contributed by atoms with van der Waals surface area (Å²) in [6.07, 6.45) is 2.57. The highest BCUT2D eigenvalue weighted by Gasteiger charge is 2.09. The number of aliphatic hydroxyl groups is 1. The first kappa shape index (κ1) is 12.1. The van der Waals surface area contributed by atoms with Gasteiger partial charge < -0.3 is 5.11 Å². The van der Waals surface area contributed by atoms with Gasteiger partial charge in [0, 0.05) is 16.3 Å². The third-order valence-electron chi connectivity index (χ3n) is 2.82. The third-order valence-corrected chi connectivity index (χ3v) is 3.19. The van der Waals surface area contributed by atoms with E-state index in [9.17, 15) is 5.11 Å². The molecule has 0 bridgehead atoms. The van der Waals surface area contributed by atoms with Crippen LogP contribution in [0, 0.1) is 0 Å². The van der Waals surface area contributed by atoms with Crippen LogP contribution in [0.3, 0.4) is 0 Å². The molecule has 1 heterocycles. The molecule has 0 fully saturated rings. The van der Waals surface area contributed by atoms with E-state index in [4.69, 9.17) is 11.6 Å². The van der Waals surface area contributed by atoms with Crippen LogP contribution in [0.2, 0.25) is 5.02 Å². The maximum Gasteiger partial charge on any atom is 0.0715 e. The minimum atomic E-state index is 0.0334. The highest BCUT2D eigenvalue weighted by atomic mass is 35.5. The summed E-state index contributed by atoms with van der Waals surface area (Å²) in [4.78, 5) is 0. The minimum absolute atomic E-state index is 0.0334. The van der Waals surface area contributed by atoms with E-state index >= 15 is 0 Å². The molecule has 4 heteroatoms. The van der Waals surface area contributed by atoms with E-state index in [1.807, 2.05) is 28.9 Å². The van der Waals surface area contributed by atoms with Crippen molar-refractivity contribution in [2.75, 3.05) is 0 Å². The fraction of sp³-hybridized carbons (Fsp3) is 0.308. The lowest BCUT2D eigenvalue weighted by Crippen LogP contribution is -2.07. The average molecular weight is 251 g/mol. The normalized spacial score (nSPS) is 10.8. The number of rotatable bonds is 4. The highest BCUT2D eigenvalue weighted by molar-refractivity contribution is 6.31. The second-order valence-corrected chi connectivity index (χ2v) is 4.28. The fourth-order valence-electron chi connectivity index (χ4n) is 1.92. The van der Waals surface area contributed by atoms with Gasteiger partial charge in [0.1, 0.15) is 0 Å². The second kappa shape index (κ2) is 5.34. The molecule has 1 aromatic heterocycles. The van der Waals surface area contributed by atoms with Crippen LogP contribution in [0.4, 0.5) is 0 Å². The number of aromatic nitrogens is 2.